The number of hydrogen-bond acceptors (Lipinski definition) is 7. The molecule has 1 saturated heterocycles. The van der Waals surface area contributed by atoms with Crippen LogP contribution in [0.3, 0.4) is 0 Å². The average Bonchev–Trinajstić information content (AvgIpc) is 2.88. The number of hydrogen-bond donors (Lipinski definition) is 3. The molecule has 3 N–H and O–H groups in total. The van der Waals surface area contributed by atoms with Gasteiger partial charge < -0.3 is 24.6 Å². The Bertz CT molecular complexity index is 1300. The van der Waals surface area contributed by atoms with E-state index < -0.39 is 6.23 Å². The molecule has 3 aromatic rings. The second-order valence-electron chi connectivity index (χ2n) is 10.7. The SMILES string of the molecule is Cc1cc(C)c(CNC(O)c2cc(-c3ccc(CN(C)C)nc3)cc(N(C)C3CCOCC3)c2C)c(=O)[nH]1. The van der Waals surface area contributed by atoms with Gasteiger partial charge in [-0.3, -0.25) is 15.1 Å². The number of nitrogens with zero attached hydrogens (tertiary/aromatic N) is 3. The fourth-order valence-corrected chi connectivity index (χ4v) is 5.23. The Labute approximate surface area is 225 Å². The number of benzene rings is 1. The monoisotopic (exact) mass is 519 g/mol. The van der Waals surface area contributed by atoms with E-state index in [2.05, 4.69) is 57.3 Å². The quantitative estimate of drug-likeness (QED) is 0.370. The highest BCUT2D eigenvalue weighted by Crippen LogP contribution is 2.35. The summed E-state index contributed by atoms with van der Waals surface area (Å²) in [5.74, 6) is 0. The van der Waals surface area contributed by atoms with Crippen LogP contribution in [0.4, 0.5) is 5.69 Å². The number of anilines is 1. The van der Waals surface area contributed by atoms with E-state index in [0.717, 1.165) is 77.5 Å². The van der Waals surface area contributed by atoms with Gasteiger partial charge in [-0.2, -0.15) is 0 Å². The van der Waals surface area contributed by atoms with E-state index in [1.807, 2.05) is 46.3 Å². The van der Waals surface area contributed by atoms with Gasteiger partial charge in [-0.25, -0.2) is 0 Å². The first-order valence-corrected chi connectivity index (χ1v) is 13.3. The van der Waals surface area contributed by atoms with Crippen molar-refractivity contribution in [1.82, 2.24) is 20.2 Å². The number of H-pyrrole nitrogens is 1. The van der Waals surface area contributed by atoms with E-state index >= 15 is 0 Å². The predicted molar refractivity (Wildman–Crippen MR) is 152 cm³/mol. The summed E-state index contributed by atoms with van der Waals surface area (Å²) in [7, 11) is 6.18. The van der Waals surface area contributed by atoms with Crippen LogP contribution in [0.25, 0.3) is 11.1 Å². The lowest BCUT2D eigenvalue weighted by atomic mass is 9.95. The van der Waals surface area contributed by atoms with E-state index in [4.69, 9.17) is 4.74 Å². The van der Waals surface area contributed by atoms with Crippen molar-refractivity contribution in [3.63, 3.8) is 0 Å². The molecule has 1 atom stereocenters. The molecule has 0 aliphatic carbocycles. The van der Waals surface area contributed by atoms with Gasteiger partial charge in [0.1, 0.15) is 6.23 Å². The molecule has 0 radical (unpaired) electrons. The number of ether oxygens (including phenoxy) is 1. The van der Waals surface area contributed by atoms with Crippen molar-refractivity contribution < 1.29 is 9.84 Å². The maximum absolute atomic E-state index is 12.5. The minimum absolute atomic E-state index is 0.128. The molecule has 8 heteroatoms. The van der Waals surface area contributed by atoms with Crippen LogP contribution in [-0.4, -0.2) is 60.4 Å². The Hall–Kier alpha value is -3.04. The smallest absolute Gasteiger partial charge is 0.252 e. The zero-order chi connectivity index (χ0) is 27.4. The Morgan fingerprint density at radius 1 is 1.11 bits per heavy atom. The molecule has 8 nitrogen and oxygen atoms in total. The van der Waals surface area contributed by atoms with Gasteiger partial charge in [0.2, 0.25) is 0 Å². The fraction of sp³-hybridized carbons (Fsp3) is 0.467. The third kappa shape index (κ3) is 6.50. The van der Waals surface area contributed by atoms with Gasteiger partial charge in [0.25, 0.3) is 5.56 Å². The summed E-state index contributed by atoms with van der Waals surface area (Å²) in [5, 5.41) is 14.5. The van der Waals surface area contributed by atoms with E-state index in [1.54, 1.807) is 0 Å². The molecule has 38 heavy (non-hydrogen) atoms. The molecule has 1 aromatic carbocycles. The number of aromatic nitrogens is 2. The highest BCUT2D eigenvalue weighted by molar-refractivity contribution is 5.72. The van der Waals surface area contributed by atoms with E-state index in [-0.39, 0.29) is 12.1 Å². The molecule has 1 fully saturated rings. The molecule has 4 rings (SSSR count). The maximum Gasteiger partial charge on any atom is 0.252 e. The Morgan fingerprint density at radius 3 is 2.47 bits per heavy atom. The molecule has 3 heterocycles. The average molecular weight is 520 g/mol. The van der Waals surface area contributed by atoms with Gasteiger partial charge in [0.05, 0.1) is 5.69 Å². The molecule has 0 spiro atoms. The highest BCUT2D eigenvalue weighted by atomic mass is 16.5. The van der Waals surface area contributed by atoms with Crippen LogP contribution in [-0.2, 0) is 17.8 Å². The van der Waals surface area contributed by atoms with Crippen LogP contribution < -0.4 is 15.8 Å². The first-order chi connectivity index (χ1) is 18.1. The highest BCUT2D eigenvalue weighted by Gasteiger charge is 2.23. The predicted octanol–water partition coefficient (Wildman–Crippen LogP) is 3.82. The minimum atomic E-state index is -0.946. The Morgan fingerprint density at radius 2 is 1.84 bits per heavy atom. The Kier molecular flexibility index (Phi) is 8.99. The zero-order valence-corrected chi connectivity index (χ0v) is 23.5. The number of aliphatic hydroxyl groups is 1. The lowest BCUT2D eigenvalue weighted by molar-refractivity contribution is 0.0854. The summed E-state index contributed by atoms with van der Waals surface area (Å²) >= 11 is 0. The standard InChI is InChI=1S/C30H41N5O3/c1-19-13-20(2)33-30(37)27(19)17-32-29(36)26-14-23(22-7-8-24(31-16-22)18-34(4)5)15-28(21(26)3)35(6)25-9-11-38-12-10-25/h7-8,13-16,25,29,32,36H,9-12,17-18H2,1-6H3,(H,33,37). The molecular formula is C30H41N5O3. The first kappa shape index (κ1) is 28.0. The molecule has 1 aliphatic heterocycles. The summed E-state index contributed by atoms with van der Waals surface area (Å²) in [4.78, 5) is 24.5. The number of aromatic amines is 1. The molecule has 2 aromatic heterocycles. The lowest BCUT2D eigenvalue weighted by Crippen LogP contribution is -2.37. The summed E-state index contributed by atoms with van der Waals surface area (Å²) in [6, 6.07) is 10.7. The van der Waals surface area contributed by atoms with Crippen LogP contribution in [0, 0.1) is 20.8 Å². The van der Waals surface area contributed by atoms with Crippen molar-refractivity contribution in [3.8, 4) is 11.1 Å². The van der Waals surface area contributed by atoms with Gasteiger partial charge in [-0.05, 0) is 88.7 Å². The topological polar surface area (TPSA) is 93.7 Å². The van der Waals surface area contributed by atoms with Crippen LogP contribution in [0.1, 0.15) is 52.7 Å². The number of aliphatic hydroxyl groups excluding tert-OH is 1. The molecule has 0 bridgehead atoms. The summed E-state index contributed by atoms with van der Waals surface area (Å²) in [6.07, 6.45) is 2.89. The molecule has 1 unspecified atom stereocenters. The molecule has 204 valence electrons. The summed E-state index contributed by atoms with van der Waals surface area (Å²) in [6.45, 7) is 8.39. The van der Waals surface area contributed by atoms with Gasteiger partial charge >= 0.3 is 0 Å². The van der Waals surface area contributed by atoms with Crippen molar-refractivity contribution in [1.29, 1.82) is 0 Å². The minimum Gasteiger partial charge on any atom is -0.381 e. The number of rotatable bonds is 9. The lowest BCUT2D eigenvalue weighted by Gasteiger charge is -2.35. The van der Waals surface area contributed by atoms with Crippen molar-refractivity contribution in [2.24, 2.45) is 0 Å². The van der Waals surface area contributed by atoms with E-state index in [1.165, 1.54) is 0 Å². The normalized spacial score (nSPS) is 15.2. The van der Waals surface area contributed by atoms with E-state index in [0.29, 0.717) is 11.6 Å². The first-order valence-electron chi connectivity index (χ1n) is 13.3. The van der Waals surface area contributed by atoms with Crippen molar-refractivity contribution in [3.05, 3.63) is 80.5 Å². The van der Waals surface area contributed by atoms with Gasteiger partial charge in [0, 0.05) is 73.7 Å². The third-order valence-electron chi connectivity index (χ3n) is 7.44. The van der Waals surface area contributed by atoms with Crippen LogP contribution in [0.15, 0.2) is 41.3 Å². The number of pyridine rings is 2. The molecule has 0 amide bonds. The van der Waals surface area contributed by atoms with Crippen molar-refractivity contribution in [2.45, 2.75) is 59.0 Å². The zero-order valence-electron chi connectivity index (χ0n) is 23.5. The van der Waals surface area contributed by atoms with Gasteiger partial charge in [-0.15, -0.1) is 0 Å². The molecular weight excluding hydrogens is 478 g/mol. The van der Waals surface area contributed by atoms with E-state index in [9.17, 15) is 9.90 Å². The number of nitrogens with one attached hydrogen (secondary N) is 2. The third-order valence-corrected chi connectivity index (χ3v) is 7.44. The van der Waals surface area contributed by atoms with Gasteiger partial charge in [0.15, 0.2) is 0 Å². The molecule has 1 aliphatic rings. The second-order valence-corrected chi connectivity index (χ2v) is 10.7. The summed E-state index contributed by atoms with van der Waals surface area (Å²) in [5.41, 5.74) is 8.09. The summed E-state index contributed by atoms with van der Waals surface area (Å²) < 4.78 is 5.59. The van der Waals surface area contributed by atoms with Crippen LogP contribution in [0.2, 0.25) is 0 Å². The van der Waals surface area contributed by atoms with Crippen LogP contribution in [0.5, 0.6) is 0 Å². The maximum atomic E-state index is 12.5. The van der Waals surface area contributed by atoms with Gasteiger partial charge in [-0.1, -0.05) is 6.07 Å². The largest absolute Gasteiger partial charge is 0.381 e. The van der Waals surface area contributed by atoms with Crippen molar-refractivity contribution in [2.75, 3.05) is 39.3 Å². The fourth-order valence-electron chi connectivity index (χ4n) is 5.23. The second kappa shape index (κ2) is 12.2. The van der Waals surface area contributed by atoms with Crippen LogP contribution >= 0.6 is 0 Å². The number of aryl methyl sites for hydroxylation is 2. The van der Waals surface area contributed by atoms with Crippen molar-refractivity contribution >= 4 is 5.69 Å². The molecule has 0 saturated carbocycles. The Balaban J connectivity index is 1.69.